The zero-order chi connectivity index (χ0) is 12.3. The van der Waals surface area contributed by atoms with Crippen LogP contribution in [0, 0.1) is 17.1 Å². The van der Waals surface area contributed by atoms with E-state index in [-0.39, 0.29) is 11.3 Å². The van der Waals surface area contributed by atoms with Gasteiger partial charge in [-0.05, 0) is 18.2 Å². The summed E-state index contributed by atoms with van der Waals surface area (Å²) in [5.74, 6) is -2.99. The van der Waals surface area contributed by atoms with Gasteiger partial charge in [-0.3, -0.25) is 4.79 Å². The molecule has 1 N–H and O–H groups in total. The molecule has 1 amide bonds. The van der Waals surface area contributed by atoms with E-state index in [1.807, 2.05) is 0 Å². The van der Waals surface area contributed by atoms with Crippen LogP contribution in [-0.2, 0) is 4.79 Å². The number of rotatable bonds is 1. The lowest BCUT2D eigenvalue weighted by atomic mass is 10.2. The second-order valence-electron chi connectivity index (χ2n) is 2.75. The topological polar surface area (TPSA) is 52.9 Å². The van der Waals surface area contributed by atoms with Gasteiger partial charge in [0.1, 0.15) is 11.9 Å². The molecule has 0 aromatic heterocycles. The number of benzene rings is 1. The highest BCUT2D eigenvalue weighted by Gasteiger charge is 2.38. The van der Waals surface area contributed by atoms with Gasteiger partial charge in [0.15, 0.2) is 0 Å². The van der Waals surface area contributed by atoms with Crippen LogP contribution in [0.2, 0.25) is 0 Å². The first-order valence-corrected chi connectivity index (χ1v) is 3.92. The first kappa shape index (κ1) is 12.0. The summed E-state index contributed by atoms with van der Waals surface area (Å²) in [7, 11) is 0. The molecular formula is C9H4F4N2O. The summed E-state index contributed by atoms with van der Waals surface area (Å²) in [6.07, 6.45) is -5.05. The van der Waals surface area contributed by atoms with Gasteiger partial charge in [-0.1, -0.05) is 0 Å². The second kappa shape index (κ2) is 4.18. The Morgan fingerprint density at radius 1 is 1.38 bits per heavy atom. The molecule has 0 saturated carbocycles. The Kier molecular flexibility index (Phi) is 3.13. The molecule has 0 bridgehead atoms. The van der Waals surface area contributed by atoms with Crippen molar-refractivity contribution in [3.05, 3.63) is 29.6 Å². The second-order valence-corrected chi connectivity index (χ2v) is 2.75. The SMILES string of the molecule is N#Cc1cc(F)ccc1NC(=O)C(F)(F)F. The van der Waals surface area contributed by atoms with Crippen molar-refractivity contribution in [1.82, 2.24) is 0 Å². The fraction of sp³-hybridized carbons (Fsp3) is 0.111. The number of nitrogens with one attached hydrogen (secondary N) is 1. The summed E-state index contributed by atoms with van der Waals surface area (Å²) in [4.78, 5) is 10.5. The molecule has 0 spiro atoms. The molecule has 7 heteroatoms. The van der Waals surface area contributed by atoms with Gasteiger partial charge >= 0.3 is 12.1 Å². The van der Waals surface area contributed by atoms with Gasteiger partial charge in [0, 0.05) is 0 Å². The van der Waals surface area contributed by atoms with Crippen molar-refractivity contribution in [3.8, 4) is 6.07 Å². The Hall–Kier alpha value is -2.10. The average Bonchev–Trinajstić information content (AvgIpc) is 2.19. The molecule has 0 saturated heterocycles. The van der Waals surface area contributed by atoms with Gasteiger partial charge in [0.2, 0.25) is 0 Å². The van der Waals surface area contributed by atoms with E-state index in [9.17, 15) is 22.4 Å². The van der Waals surface area contributed by atoms with Crippen molar-refractivity contribution < 1.29 is 22.4 Å². The molecule has 1 rings (SSSR count). The van der Waals surface area contributed by atoms with Crippen LogP contribution in [0.4, 0.5) is 23.2 Å². The largest absolute Gasteiger partial charge is 0.471 e. The fourth-order valence-electron chi connectivity index (χ4n) is 0.911. The van der Waals surface area contributed by atoms with E-state index in [2.05, 4.69) is 0 Å². The minimum atomic E-state index is -5.05. The fourth-order valence-corrected chi connectivity index (χ4v) is 0.911. The molecule has 0 heterocycles. The van der Waals surface area contributed by atoms with Gasteiger partial charge in [-0.2, -0.15) is 18.4 Å². The third-order valence-corrected chi connectivity index (χ3v) is 1.61. The number of halogens is 4. The minimum absolute atomic E-state index is 0.377. The lowest BCUT2D eigenvalue weighted by molar-refractivity contribution is -0.167. The Morgan fingerprint density at radius 3 is 2.50 bits per heavy atom. The predicted molar refractivity (Wildman–Crippen MR) is 45.8 cm³/mol. The maximum absolute atomic E-state index is 12.6. The number of nitriles is 1. The molecule has 1 aromatic carbocycles. The van der Waals surface area contributed by atoms with E-state index < -0.39 is 17.9 Å². The maximum atomic E-state index is 12.6. The number of hydrogen-bond donors (Lipinski definition) is 1. The molecular weight excluding hydrogens is 228 g/mol. The predicted octanol–water partition coefficient (Wildman–Crippen LogP) is 2.20. The minimum Gasteiger partial charge on any atom is -0.317 e. The van der Waals surface area contributed by atoms with Crippen molar-refractivity contribution in [2.75, 3.05) is 5.32 Å². The highest BCUT2D eigenvalue weighted by atomic mass is 19.4. The number of amides is 1. The van der Waals surface area contributed by atoms with Crippen molar-refractivity contribution in [1.29, 1.82) is 5.26 Å². The summed E-state index contributed by atoms with van der Waals surface area (Å²) in [5.41, 5.74) is -0.760. The molecule has 0 unspecified atom stereocenters. The number of anilines is 1. The zero-order valence-electron chi connectivity index (χ0n) is 7.60. The quantitative estimate of drug-likeness (QED) is 0.754. The number of nitrogens with zero attached hydrogens (tertiary/aromatic N) is 1. The standard InChI is InChI=1S/C9H4F4N2O/c10-6-1-2-7(5(3-6)4-14)15-8(16)9(11,12)13/h1-3H,(H,15,16). The van der Waals surface area contributed by atoms with Gasteiger partial charge in [-0.25, -0.2) is 4.39 Å². The third kappa shape index (κ3) is 2.70. The molecule has 0 aliphatic heterocycles. The molecule has 0 atom stereocenters. The number of hydrogen-bond acceptors (Lipinski definition) is 2. The van der Waals surface area contributed by atoms with Gasteiger partial charge < -0.3 is 5.32 Å². The van der Waals surface area contributed by atoms with E-state index in [0.717, 1.165) is 18.2 Å². The molecule has 0 fully saturated rings. The molecule has 0 aliphatic rings. The normalized spacial score (nSPS) is 10.7. The van der Waals surface area contributed by atoms with Gasteiger partial charge in [0.25, 0.3) is 0 Å². The first-order valence-electron chi connectivity index (χ1n) is 3.92. The monoisotopic (exact) mass is 232 g/mol. The number of alkyl halides is 3. The van der Waals surface area contributed by atoms with E-state index in [0.29, 0.717) is 0 Å². The highest BCUT2D eigenvalue weighted by Crippen LogP contribution is 2.21. The van der Waals surface area contributed by atoms with Crippen LogP contribution < -0.4 is 5.32 Å². The van der Waals surface area contributed by atoms with Crippen molar-refractivity contribution in [2.24, 2.45) is 0 Å². The molecule has 84 valence electrons. The summed E-state index contributed by atoms with van der Waals surface area (Å²) in [6, 6.07) is 3.93. The van der Waals surface area contributed by atoms with Crippen molar-refractivity contribution in [3.63, 3.8) is 0 Å². The summed E-state index contributed by atoms with van der Waals surface area (Å²) in [6.45, 7) is 0. The Labute approximate surface area is 87.3 Å². The van der Waals surface area contributed by atoms with E-state index in [1.54, 1.807) is 0 Å². The van der Waals surface area contributed by atoms with E-state index in [4.69, 9.17) is 5.26 Å². The highest BCUT2D eigenvalue weighted by molar-refractivity contribution is 5.95. The summed E-state index contributed by atoms with van der Waals surface area (Å²) in [5, 5.41) is 9.98. The number of carbonyl (C=O) groups is 1. The van der Waals surface area contributed by atoms with Crippen LogP contribution in [0.25, 0.3) is 0 Å². The summed E-state index contributed by atoms with van der Waals surface area (Å²) >= 11 is 0. The molecule has 0 aliphatic carbocycles. The maximum Gasteiger partial charge on any atom is 0.471 e. The van der Waals surface area contributed by atoms with Crippen LogP contribution >= 0.6 is 0 Å². The molecule has 0 radical (unpaired) electrons. The third-order valence-electron chi connectivity index (χ3n) is 1.61. The lowest BCUT2D eigenvalue weighted by Gasteiger charge is -2.08. The first-order chi connectivity index (χ1) is 7.34. The number of carbonyl (C=O) groups excluding carboxylic acids is 1. The van der Waals surface area contributed by atoms with Crippen LogP contribution in [0.3, 0.4) is 0 Å². The van der Waals surface area contributed by atoms with Gasteiger partial charge in [0.05, 0.1) is 11.3 Å². The Bertz CT molecular complexity index is 462. The van der Waals surface area contributed by atoms with Crippen LogP contribution in [0.5, 0.6) is 0 Å². The van der Waals surface area contributed by atoms with Crippen LogP contribution in [0.15, 0.2) is 18.2 Å². The van der Waals surface area contributed by atoms with Crippen molar-refractivity contribution in [2.45, 2.75) is 6.18 Å². The van der Waals surface area contributed by atoms with E-state index in [1.165, 1.54) is 11.4 Å². The molecule has 16 heavy (non-hydrogen) atoms. The van der Waals surface area contributed by atoms with Crippen LogP contribution in [0.1, 0.15) is 5.56 Å². The summed E-state index contributed by atoms with van der Waals surface area (Å²) < 4.78 is 48.3. The average molecular weight is 232 g/mol. The zero-order valence-corrected chi connectivity index (χ0v) is 7.60. The van der Waals surface area contributed by atoms with Crippen LogP contribution in [-0.4, -0.2) is 12.1 Å². The Balaban J connectivity index is 2.99. The Morgan fingerprint density at radius 2 is 2.00 bits per heavy atom. The molecule has 1 aromatic rings. The van der Waals surface area contributed by atoms with E-state index >= 15 is 0 Å². The van der Waals surface area contributed by atoms with Gasteiger partial charge in [-0.15, -0.1) is 0 Å². The smallest absolute Gasteiger partial charge is 0.317 e. The molecule has 3 nitrogen and oxygen atoms in total. The van der Waals surface area contributed by atoms with Crippen molar-refractivity contribution >= 4 is 11.6 Å². The lowest BCUT2D eigenvalue weighted by Crippen LogP contribution is -2.30.